The van der Waals surface area contributed by atoms with Gasteiger partial charge in [0.15, 0.2) is 11.0 Å². The average molecular weight is 469 g/mol. The standard InChI is InChI=1S/C22H21BrN4OS/c1-2-13-27-21(17-9-11-18(23)12-10-17)24-25-22(27)29-15-20(28)26-14-5-7-16-6-3-4-8-19(16)26/h2-4,6,8-12H,1,5,7,13-15H2. The summed E-state index contributed by atoms with van der Waals surface area (Å²) in [6.45, 7) is 5.20. The molecule has 0 spiro atoms. The number of thioether (sulfide) groups is 1. The molecular weight excluding hydrogens is 448 g/mol. The van der Waals surface area contributed by atoms with Crippen LogP contribution < -0.4 is 4.90 Å². The molecular formula is C22H21BrN4OS. The van der Waals surface area contributed by atoms with Crippen molar-refractivity contribution >= 4 is 39.3 Å². The molecule has 1 aliphatic rings. The van der Waals surface area contributed by atoms with Gasteiger partial charge in [-0.15, -0.1) is 16.8 Å². The zero-order chi connectivity index (χ0) is 20.2. The number of hydrogen-bond acceptors (Lipinski definition) is 4. The van der Waals surface area contributed by atoms with Crippen LogP contribution in [-0.4, -0.2) is 33.0 Å². The van der Waals surface area contributed by atoms with E-state index in [2.05, 4.69) is 38.8 Å². The van der Waals surface area contributed by atoms with Gasteiger partial charge >= 0.3 is 0 Å². The molecule has 0 aliphatic carbocycles. The van der Waals surface area contributed by atoms with Crippen molar-refractivity contribution in [2.45, 2.75) is 24.5 Å². The van der Waals surface area contributed by atoms with Gasteiger partial charge in [-0.2, -0.15) is 0 Å². The van der Waals surface area contributed by atoms with Crippen LogP contribution in [0.15, 0.2) is 70.8 Å². The van der Waals surface area contributed by atoms with E-state index in [0.717, 1.165) is 46.1 Å². The van der Waals surface area contributed by atoms with Gasteiger partial charge in [0.1, 0.15) is 0 Å². The number of fused-ring (bicyclic) bond motifs is 1. The van der Waals surface area contributed by atoms with Gasteiger partial charge in [0, 0.05) is 28.8 Å². The second-order valence-electron chi connectivity index (χ2n) is 6.78. The molecule has 0 unspecified atom stereocenters. The van der Waals surface area contributed by atoms with Crippen LogP contribution in [0.3, 0.4) is 0 Å². The molecule has 0 saturated carbocycles. The summed E-state index contributed by atoms with van der Waals surface area (Å²) in [6.07, 6.45) is 3.84. The lowest BCUT2D eigenvalue weighted by Crippen LogP contribution is -2.36. The van der Waals surface area contributed by atoms with Crippen LogP contribution in [0.2, 0.25) is 0 Å². The molecule has 0 atom stereocenters. The molecule has 2 aromatic carbocycles. The van der Waals surface area contributed by atoms with Crippen molar-refractivity contribution in [3.05, 3.63) is 71.2 Å². The first-order valence-corrected chi connectivity index (χ1v) is 11.3. The van der Waals surface area contributed by atoms with Crippen LogP contribution in [0.25, 0.3) is 11.4 Å². The van der Waals surface area contributed by atoms with E-state index in [4.69, 9.17) is 0 Å². The fourth-order valence-electron chi connectivity index (χ4n) is 3.50. The second-order valence-corrected chi connectivity index (χ2v) is 8.64. The molecule has 0 fully saturated rings. The number of amides is 1. The van der Waals surface area contributed by atoms with Gasteiger partial charge in [-0.25, -0.2) is 0 Å². The number of hydrogen-bond donors (Lipinski definition) is 0. The molecule has 1 aromatic heterocycles. The fourth-order valence-corrected chi connectivity index (χ4v) is 4.59. The Hall–Kier alpha value is -2.38. The molecule has 7 heteroatoms. The van der Waals surface area contributed by atoms with Crippen LogP contribution in [0, 0.1) is 0 Å². The third-order valence-electron chi connectivity index (χ3n) is 4.87. The highest BCUT2D eigenvalue weighted by molar-refractivity contribution is 9.10. The number of anilines is 1. The van der Waals surface area contributed by atoms with Gasteiger partial charge in [-0.05, 0) is 36.6 Å². The van der Waals surface area contributed by atoms with Crippen molar-refractivity contribution < 1.29 is 4.79 Å². The molecule has 3 aromatic rings. The zero-order valence-electron chi connectivity index (χ0n) is 15.9. The minimum absolute atomic E-state index is 0.0977. The minimum Gasteiger partial charge on any atom is -0.311 e. The number of aromatic nitrogens is 3. The van der Waals surface area contributed by atoms with Crippen LogP contribution >= 0.6 is 27.7 Å². The Bertz CT molecular complexity index is 1030. The molecule has 0 radical (unpaired) electrons. The first kappa shape index (κ1) is 19.9. The summed E-state index contributed by atoms with van der Waals surface area (Å²) in [5.41, 5.74) is 3.25. The summed E-state index contributed by atoms with van der Waals surface area (Å²) < 4.78 is 3.01. The van der Waals surface area contributed by atoms with Crippen molar-refractivity contribution in [3.8, 4) is 11.4 Å². The molecule has 0 N–H and O–H groups in total. The minimum atomic E-state index is 0.0977. The van der Waals surface area contributed by atoms with Crippen LogP contribution in [0.1, 0.15) is 12.0 Å². The number of allylic oxidation sites excluding steroid dienone is 1. The lowest BCUT2D eigenvalue weighted by molar-refractivity contribution is -0.116. The van der Waals surface area contributed by atoms with Crippen LogP contribution in [0.5, 0.6) is 0 Å². The molecule has 0 saturated heterocycles. The number of carbonyl (C=O) groups excluding carboxylic acids is 1. The van der Waals surface area contributed by atoms with E-state index in [-0.39, 0.29) is 5.91 Å². The maximum absolute atomic E-state index is 12.9. The monoisotopic (exact) mass is 468 g/mol. The summed E-state index contributed by atoms with van der Waals surface area (Å²) in [7, 11) is 0. The predicted molar refractivity (Wildman–Crippen MR) is 121 cm³/mol. The largest absolute Gasteiger partial charge is 0.311 e. The number of aryl methyl sites for hydroxylation is 1. The second kappa shape index (κ2) is 8.97. The number of para-hydroxylation sites is 1. The zero-order valence-corrected chi connectivity index (χ0v) is 18.3. The van der Waals surface area contributed by atoms with E-state index in [0.29, 0.717) is 12.3 Å². The fraction of sp³-hybridized carbons (Fsp3) is 0.227. The molecule has 148 valence electrons. The van der Waals surface area contributed by atoms with E-state index in [1.54, 1.807) is 0 Å². The first-order chi connectivity index (χ1) is 14.2. The van der Waals surface area contributed by atoms with Crippen LogP contribution in [-0.2, 0) is 17.8 Å². The lowest BCUT2D eigenvalue weighted by Gasteiger charge is -2.29. The Kier molecular flexibility index (Phi) is 6.16. The molecule has 29 heavy (non-hydrogen) atoms. The predicted octanol–water partition coefficient (Wildman–Crippen LogP) is 4.97. The summed E-state index contributed by atoms with van der Waals surface area (Å²) in [4.78, 5) is 14.8. The number of halogens is 1. The van der Waals surface area contributed by atoms with E-state index in [9.17, 15) is 4.79 Å². The molecule has 1 amide bonds. The lowest BCUT2D eigenvalue weighted by atomic mass is 10.0. The number of rotatable bonds is 6. The topological polar surface area (TPSA) is 51.0 Å². The van der Waals surface area contributed by atoms with Gasteiger partial charge < -0.3 is 4.90 Å². The Labute approximate surface area is 183 Å². The Morgan fingerprint density at radius 2 is 1.97 bits per heavy atom. The van der Waals surface area contributed by atoms with Crippen molar-refractivity contribution in [1.82, 2.24) is 14.8 Å². The third-order valence-corrected chi connectivity index (χ3v) is 6.35. The van der Waals surface area contributed by atoms with E-state index < -0.39 is 0 Å². The van der Waals surface area contributed by atoms with Crippen LogP contribution in [0.4, 0.5) is 5.69 Å². The van der Waals surface area contributed by atoms with Gasteiger partial charge in [0.05, 0.1) is 5.75 Å². The highest BCUT2D eigenvalue weighted by atomic mass is 79.9. The smallest absolute Gasteiger partial charge is 0.237 e. The summed E-state index contributed by atoms with van der Waals surface area (Å²) >= 11 is 4.88. The Morgan fingerprint density at radius 3 is 2.76 bits per heavy atom. The van der Waals surface area contributed by atoms with Crippen molar-refractivity contribution in [2.75, 3.05) is 17.2 Å². The summed E-state index contributed by atoms with van der Waals surface area (Å²) in [5, 5.41) is 9.43. The van der Waals surface area contributed by atoms with E-state index in [1.807, 2.05) is 58.0 Å². The SMILES string of the molecule is C=CCn1c(SCC(=O)N2CCCc3ccccc32)nnc1-c1ccc(Br)cc1. The van der Waals surface area contributed by atoms with Gasteiger partial charge in [0.25, 0.3) is 0 Å². The van der Waals surface area contributed by atoms with E-state index >= 15 is 0 Å². The first-order valence-electron chi connectivity index (χ1n) is 9.48. The molecule has 2 heterocycles. The number of carbonyl (C=O) groups is 1. The van der Waals surface area contributed by atoms with Gasteiger partial charge in [-0.3, -0.25) is 9.36 Å². The Balaban J connectivity index is 1.52. The maximum atomic E-state index is 12.9. The highest BCUT2D eigenvalue weighted by Crippen LogP contribution is 2.29. The summed E-state index contributed by atoms with van der Waals surface area (Å²) in [5.74, 6) is 1.19. The van der Waals surface area contributed by atoms with Crippen molar-refractivity contribution in [1.29, 1.82) is 0 Å². The normalized spacial score (nSPS) is 13.2. The highest BCUT2D eigenvalue weighted by Gasteiger charge is 2.23. The van der Waals surface area contributed by atoms with Gasteiger partial charge in [-0.1, -0.05) is 64.1 Å². The molecule has 1 aliphatic heterocycles. The number of benzene rings is 2. The van der Waals surface area contributed by atoms with Gasteiger partial charge in [0.2, 0.25) is 5.91 Å². The third kappa shape index (κ3) is 4.31. The van der Waals surface area contributed by atoms with Crippen molar-refractivity contribution in [3.63, 3.8) is 0 Å². The maximum Gasteiger partial charge on any atom is 0.237 e. The quantitative estimate of drug-likeness (QED) is 0.378. The molecule has 5 nitrogen and oxygen atoms in total. The van der Waals surface area contributed by atoms with Crippen molar-refractivity contribution in [2.24, 2.45) is 0 Å². The summed E-state index contributed by atoms with van der Waals surface area (Å²) in [6, 6.07) is 16.1. The average Bonchev–Trinajstić information content (AvgIpc) is 3.15. The van der Waals surface area contributed by atoms with E-state index in [1.165, 1.54) is 17.3 Å². The Morgan fingerprint density at radius 1 is 1.17 bits per heavy atom. The molecule has 0 bridgehead atoms. The molecule has 4 rings (SSSR count). The number of nitrogens with zero attached hydrogens (tertiary/aromatic N) is 4.